The van der Waals surface area contributed by atoms with Gasteiger partial charge in [-0.05, 0) is 75.7 Å². The van der Waals surface area contributed by atoms with Gasteiger partial charge in [0.1, 0.15) is 0 Å². The molecule has 3 rings (SSSR count). The summed E-state index contributed by atoms with van der Waals surface area (Å²) < 4.78 is 0. The Bertz CT molecular complexity index is 934. The van der Waals surface area contributed by atoms with Crippen molar-refractivity contribution in [1.82, 2.24) is 9.80 Å². The van der Waals surface area contributed by atoms with Gasteiger partial charge in [0.05, 0.1) is 12.0 Å². The fourth-order valence-corrected chi connectivity index (χ4v) is 4.35. The Kier molecular flexibility index (Phi) is 8.27. The van der Waals surface area contributed by atoms with Gasteiger partial charge < -0.3 is 15.5 Å². The maximum atomic E-state index is 13.6. The average molecular weight is 451 g/mol. The predicted octanol–water partition coefficient (Wildman–Crippen LogP) is 2.99. The molecule has 1 aliphatic heterocycles. The van der Waals surface area contributed by atoms with Gasteiger partial charge in [0.25, 0.3) is 0 Å². The van der Waals surface area contributed by atoms with Gasteiger partial charge in [0.2, 0.25) is 5.91 Å². The van der Waals surface area contributed by atoms with Gasteiger partial charge in [0, 0.05) is 44.5 Å². The third-order valence-electron chi connectivity index (χ3n) is 6.89. The first-order chi connectivity index (χ1) is 15.7. The van der Waals surface area contributed by atoms with Crippen molar-refractivity contribution in [3.05, 3.63) is 65.2 Å². The first kappa shape index (κ1) is 24.9. The number of carbonyl (C=O) groups is 2. The van der Waals surface area contributed by atoms with E-state index in [1.807, 2.05) is 62.3 Å². The van der Waals surface area contributed by atoms with Crippen molar-refractivity contribution in [3.8, 4) is 0 Å². The molecule has 0 aliphatic carbocycles. The van der Waals surface area contributed by atoms with Crippen molar-refractivity contribution in [3.63, 3.8) is 0 Å². The van der Waals surface area contributed by atoms with Crippen LogP contribution in [0.15, 0.2) is 48.5 Å². The van der Waals surface area contributed by atoms with Crippen LogP contribution in [0, 0.1) is 0 Å². The summed E-state index contributed by atoms with van der Waals surface area (Å²) in [4.78, 5) is 31.9. The average Bonchev–Trinajstić information content (AvgIpc) is 3.35. The van der Waals surface area contributed by atoms with Gasteiger partial charge in [0.15, 0.2) is 5.78 Å². The minimum atomic E-state index is -0.673. The lowest BCUT2D eigenvalue weighted by Crippen LogP contribution is -2.50. The van der Waals surface area contributed by atoms with E-state index in [4.69, 9.17) is 5.73 Å². The first-order valence-corrected chi connectivity index (χ1v) is 11.8. The monoisotopic (exact) mass is 450 g/mol. The van der Waals surface area contributed by atoms with E-state index in [9.17, 15) is 9.59 Å². The quantitative estimate of drug-likeness (QED) is 0.564. The number of likely N-dealkylation sites (N-methyl/N-ethyl adjacent to an activating group) is 2. The SMILES string of the molecule is CN(CCN)C(=O)Cc1ccc(CC(C)(C(=O)c2ccc(N3CCCC3)cc2)N(C)C)cc1. The standard InChI is InChI=1S/C27H38N4O2/c1-27(29(2)3,26(33)23-11-13-24(14-12-23)31-16-5-6-17-31)20-22-9-7-21(8-10-22)19-25(32)30(4)18-15-28/h7-14H,5-6,15-20,28H2,1-4H3. The fourth-order valence-electron chi connectivity index (χ4n) is 4.35. The maximum Gasteiger partial charge on any atom is 0.226 e. The molecular weight excluding hydrogens is 412 g/mol. The molecule has 1 saturated heterocycles. The highest BCUT2D eigenvalue weighted by Gasteiger charge is 2.36. The Morgan fingerprint density at radius 3 is 2.06 bits per heavy atom. The summed E-state index contributed by atoms with van der Waals surface area (Å²) in [6.45, 7) is 5.20. The van der Waals surface area contributed by atoms with Crippen molar-refractivity contribution in [2.75, 3.05) is 52.2 Å². The van der Waals surface area contributed by atoms with E-state index in [0.717, 1.165) is 29.8 Å². The molecule has 6 nitrogen and oxygen atoms in total. The fraction of sp³-hybridized carbons (Fsp3) is 0.481. The van der Waals surface area contributed by atoms with E-state index < -0.39 is 5.54 Å². The number of Topliss-reactive ketones (excluding diaryl/α,β-unsaturated/α-hetero) is 1. The number of nitrogens with zero attached hydrogens (tertiary/aromatic N) is 3. The molecule has 1 atom stereocenters. The van der Waals surface area contributed by atoms with Crippen LogP contribution in [-0.2, 0) is 17.6 Å². The summed E-state index contributed by atoms with van der Waals surface area (Å²) in [5.41, 5.74) is 8.82. The van der Waals surface area contributed by atoms with Crippen molar-refractivity contribution in [2.24, 2.45) is 5.73 Å². The molecule has 1 unspecified atom stereocenters. The third-order valence-corrected chi connectivity index (χ3v) is 6.89. The molecule has 178 valence electrons. The number of benzene rings is 2. The van der Waals surface area contributed by atoms with Crippen LogP contribution in [0.1, 0.15) is 41.3 Å². The summed E-state index contributed by atoms with van der Waals surface area (Å²) >= 11 is 0. The van der Waals surface area contributed by atoms with E-state index in [1.165, 1.54) is 18.5 Å². The molecule has 0 aromatic heterocycles. The number of nitrogens with two attached hydrogens (primary N) is 1. The highest BCUT2D eigenvalue weighted by atomic mass is 16.2. The van der Waals surface area contributed by atoms with Gasteiger partial charge in [-0.3, -0.25) is 14.5 Å². The zero-order valence-corrected chi connectivity index (χ0v) is 20.5. The normalized spacial score (nSPS) is 15.5. The Balaban J connectivity index is 1.71. The molecule has 1 aliphatic rings. The summed E-state index contributed by atoms with van der Waals surface area (Å²) in [7, 11) is 5.68. The van der Waals surface area contributed by atoms with Crippen molar-refractivity contribution < 1.29 is 9.59 Å². The highest BCUT2D eigenvalue weighted by Crippen LogP contribution is 2.26. The van der Waals surface area contributed by atoms with Gasteiger partial charge in [-0.1, -0.05) is 24.3 Å². The molecule has 0 spiro atoms. The molecule has 0 saturated carbocycles. The first-order valence-electron chi connectivity index (χ1n) is 11.8. The van der Waals surface area contributed by atoms with Crippen molar-refractivity contribution in [2.45, 2.75) is 38.1 Å². The molecule has 6 heteroatoms. The van der Waals surface area contributed by atoms with Gasteiger partial charge in [-0.2, -0.15) is 0 Å². The van der Waals surface area contributed by atoms with Gasteiger partial charge >= 0.3 is 0 Å². The molecule has 2 aromatic rings. The lowest BCUT2D eigenvalue weighted by molar-refractivity contribution is -0.129. The Hall–Kier alpha value is -2.70. The minimum Gasteiger partial charge on any atom is -0.372 e. The summed E-state index contributed by atoms with van der Waals surface area (Å²) in [6, 6.07) is 16.1. The van der Waals surface area contributed by atoms with E-state index in [2.05, 4.69) is 17.0 Å². The zero-order chi connectivity index (χ0) is 24.0. The number of ketones is 1. The molecule has 33 heavy (non-hydrogen) atoms. The summed E-state index contributed by atoms with van der Waals surface area (Å²) in [5, 5.41) is 0. The van der Waals surface area contributed by atoms with Crippen LogP contribution in [-0.4, -0.2) is 74.4 Å². The number of hydrogen-bond acceptors (Lipinski definition) is 5. The van der Waals surface area contributed by atoms with E-state index >= 15 is 0 Å². The molecule has 0 radical (unpaired) electrons. The van der Waals surface area contributed by atoms with Gasteiger partial charge in [-0.25, -0.2) is 0 Å². The Labute approximate surface area is 198 Å². The number of amides is 1. The number of rotatable bonds is 10. The molecule has 1 amide bonds. The van der Waals surface area contributed by atoms with Crippen LogP contribution in [0.4, 0.5) is 5.69 Å². The van der Waals surface area contributed by atoms with Crippen LogP contribution >= 0.6 is 0 Å². The smallest absolute Gasteiger partial charge is 0.226 e. The van der Waals surface area contributed by atoms with E-state index in [0.29, 0.717) is 25.9 Å². The van der Waals surface area contributed by atoms with Crippen molar-refractivity contribution >= 4 is 17.4 Å². The minimum absolute atomic E-state index is 0.0545. The lowest BCUT2D eigenvalue weighted by Gasteiger charge is -2.35. The van der Waals surface area contributed by atoms with Crippen LogP contribution in [0.3, 0.4) is 0 Å². The van der Waals surface area contributed by atoms with Crippen LogP contribution < -0.4 is 10.6 Å². The molecule has 1 heterocycles. The summed E-state index contributed by atoms with van der Waals surface area (Å²) in [6.07, 6.45) is 3.41. The number of hydrogen-bond donors (Lipinski definition) is 1. The molecule has 2 aromatic carbocycles. The molecule has 2 N–H and O–H groups in total. The number of anilines is 1. The second kappa shape index (κ2) is 10.9. The largest absolute Gasteiger partial charge is 0.372 e. The number of carbonyl (C=O) groups excluding carboxylic acids is 2. The third kappa shape index (κ3) is 6.01. The maximum absolute atomic E-state index is 13.6. The highest BCUT2D eigenvalue weighted by molar-refractivity contribution is 6.03. The predicted molar refractivity (Wildman–Crippen MR) is 135 cm³/mol. The van der Waals surface area contributed by atoms with Gasteiger partial charge in [-0.15, -0.1) is 0 Å². The van der Waals surface area contributed by atoms with Crippen molar-refractivity contribution in [1.29, 1.82) is 0 Å². The lowest BCUT2D eigenvalue weighted by atomic mass is 9.83. The van der Waals surface area contributed by atoms with E-state index in [-0.39, 0.29) is 11.7 Å². The second-order valence-electron chi connectivity index (χ2n) is 9.51. The Morgan fingerprint density at radius 2 is 1.52 bits per heavy atom. The Morgan fingerprint density at radius 1 is 0.939 bits per heavy atom. The van der Waals surface area contributed by atoms with Crippen LogP contribution in [0.25, 0.3) is 0 Å². The molecule has 0 bridgehead atoms. The van der Waals surface area contributed by atoms with Crippen LogP contribution in [0.5, 0.6) is 0 Å². The van der Waals surface area contributed by atoms with Crippen LogP contribution in [0.2, 0.25) is 0 Å². The van der Waals surface area contributed by atoms with E-state index in [1.54, 1.807) is 11.9 Å². The molecular formula is C27H38N4O2. The molecule has 1 fully saturated rings. The zero-order valence-electron chi connectivity index (χ0n) is 20.5. The topological polar surface area (TPSA) is 69.9 Å². The second-order valence-corrected chi connectivity index (χ2v) is 9.51. The summed E-state index contributed by atoms with van der Waals surface area (Å²) in [5.74, 6) is 0.169.